The van der Waals surface area contributed by atoms with Crippen molar-refractivity contribution in [2.45, 2.75) is 90.8 Å². The van der Waals surface area contributed by atoms with Crippen molar-refractivity contribution in [3.63, 3.8) is 0 Å². The second kappa shape index (κ2) is 7.09. The maximum absolute atomic E-state index is 12.9. The van der Waals surface area contributed by atoms with E-state index >= 15 is 0 Å². The third-order valence-corrected chi connectivity index (χ3v) is 4.92. The van der Waals surface area contributed by atoms with Crippen molar-refractivity contribution >= 4 is 11.8 Å². The van der Waals surface area contributed by atoms with E-state index in [1.165, 1.54) is 0 Å². The Morgan fingerprint density at radius 1 is 1.05 bits per heavy atom. The van der Waals surface area contributed by atoms with Crippen molar-refractivity contribution in [3.05, 3.63) is 0 Å². The standard InChI is InChI=1S/C16H30N2O2/c1-6-11-12-15(20)18(13(7-2)14(19)17-12)16(8-3,9-4)10-5/h12-13H,6-11H2,1-5H3,(H,17,19). The number of hydrogen-bond acceptors (Lipinski definition) is 2. The molecule has 1 rings (SSSR count). The van der Waals surface area contributed by atoms with E-state index in [1.54, 1.807) is 0 Å². The average molecular weight is 282 g/mol. The normalized spacial score (nSPS) is 23.9. The molecule has 1 aliphatic heterocycles. The number of rotatable bonds is 7. The van der Waals surface area contributed by atoms with Crippen LogP contribution in [-0.2, 0) is 9.59 Å². The van der Waals surface area contributed by atoms with Crippen LogP contribution >= 0.6 is 0 Å². The molecule has 0 aliphatic carbocycles. The van der Waals surface area contributed by atoms with Crippen molar-refractivity contribution in [1.29, 1.82) is 0 Å². The number of piperazine rings is 1. The van der Waals surface area contributed by atoms with Crippen LogP contribution in [0.2, 0.25) is 0 Å². The molecule has 0 radical (unpaired) electrons. The van der Waals surface area contributed by atoms with Gasteiger partial charge in [0.2, 0.25) is 11.8 Å². The molecular formula is C16H30N2O2. The summed E-state index contributed by atoms with van der Waals surface area (Å²) in [6.45, 7) is 10.4. The Balaban J connectivity index is 3.19. The molecule has 1 fully saturated rings. The number of carbonyl (C=O) groups is 2. The van der Waals surface area contributed by atoms with Gasteiger partial charge < -0.3 is 10.2 Å². The lowest BCUT2D eigenvalue weighted by Gasteiger charge is -2.50. The zero-order valence-corrected chi connectivity index (χ0v) is 13.7. The summed E-state index contributed by atoms with van der Waals surface area (Å²) in [5.74, 6) is 0.133. The lowest BCUT2D eigenvalue weighted by molar-refractivity contribution is -0.158. The van der Waals surface area contributed by atoms with Crippen LogP contribution in [0.1, 0.15) is 73.1 Å². The summed E-state index contributed by atoms with van der Waals surface area (Å²) in [6, 6.07) is -0.644. The van der Waals surface area contributed by atoms with Crippen LogP contribution in [0.5, 0.6) is 0 Å². The molecule has 4 heteroatoms. The van der Waals surface area contributed by atoms with E-state index in [9.17, 15) is 9.59 Å². The van der Waals surface area contributed by atoms with Crippen molar-refractivity contribution in [2.24, 2.45) is 0 Å². The SMILES string of the molecule is CCCC1NC(=O)C(CC)N(C(CC)(CC)CC)C1=O. The Hall–Kier alpha value is -1.06. The second-order valence-electron chi connectivity index (χ2n) is 5.77. The molecule has 1 N–H and O–H groups in total. The highest BCUT2D eigenvalue weighted by Crippen LogP contribution is 2.33. The van der Waals surface area contributed by atoms with Gasteiger partial charge in [0.25, 0.3) is 0 Å². The first-order chi connectivity index (χ1) is 9.51. The lowest BCUT2D eigenvalue weighted by atomic mass is 9.83. The number of nitrogens with zero attached hydrogens (tertiary/aromatic N) is 1. The largest absolute Gasteiger partial charge is 0.343 e. The van der Waals surface area contributed by atoms with Gasteiger partial charge in [-0.3, -0.25) is 9.59 Å². The summed E-state index contributed by atoms with van der Waals surface area (Å²) in [5, 5.41) is 2.91. The van der Waals surface area contributed by atoms with Gasteiger partial charge in [0.05, 0.1) is 0 Å². The van der Waals surface area contributed by atoms with Crippen molar-refractivity contribution in [1.82, 2.24) is 10.2 Å². The molecule has 4 nitrogen and oxygen atoms in total. The van der Waals surface area contributed by atoms with E-state index < -0.39 is 0 Å². The summed E-state index contributed by atoms with van der Waals surface area (Å²) in [5.41, 5.74) is -0.179. The first-order valence-corrected chi connectivity index (χ1v) is 8.14. The molecule has 2 atom stereocenters. The zero-order valence-electron chi connectivity index (χ0n) is 13.7. The first kappa shape index (κ1) is 17.0. The molecule has 2 unspecified atom stereocenters. The molecule has 1 heterocycles. The van der Waals surface area contributed by atoms with Crippen LogP contribution in [-0.4, -0.2) is 34.3 Å². The van der Waals surface area contributed by atoms with E-state index in [1.807, 2.05) is 18.7 Å². The molecule has 116 valence electrons. The summed E-state index contributed by atoms with van der Waals surface area (Å²) in [4.78, 5) is 27.1. The minimum absolute atomic E-state index is 0.0188. The van der Waals surface area contributed by atoms with Crippen molar-refractivity contribution < 1.29 is 9.59 Å². The minimum atomic E-state index is -0.334. The van der Waals surface area contributed by atoms with Crippen LogP contribution in [0.4, 0.5) is 0 Å². The van der Waals surface area contributed by atoms with Crippen LogP contribution in [0, 0.1) is 0 Å². The van der Waals surface area contributed by atoms with Gasteiger partial charge in [0, 0.05) is 5.54 Å². The van der Waals surface area contributed by atoms with E-state index in [-0.39, 0.29) is 29.4 Å². The molecule has 1 aliphatic rings. The Morgan fingerprint density at radius 2 is 1.60 bits per heavy atom. The van der Waals surface area contributed by atoms with Crippen LogP contribution in [0.15, 0.2) is 0 Å². The highest BCUT2D eigenvalue weighted by molar-refractivity contribution is 5.97. The maximum Gasteiger partial charge on any atom is 0.246 e. The van der Waals surface area contributed by atoms with Crippen molar-refractivity contribution in [2.75, 3.05) is 0 Å². The molecule has 0 bridgehead atoms. The van der Waals surface area contributed by atoms with Gasteiger partial charge in [-0.15, -0.1) is 0 Å². The van der Waals surface area contributed by atoms with Crippen molar-refractivity contribution in [3.8, 4) is 0 Å². The monoisotopic (exact) mass is 282 g/mol. The average Bonchev–Trinajstić information content (AvgIpc) is 2.46. The fraction of sp³-hybridized carbons (Fsp3) is 0.875. The first-order valence-electron chi connectivity index (χ1n) is 8.14. The fourth-order valence-electron chi connectivity index (χ4n) is 3.45. The molecule has 20 heavy (non-hydrogen) atoms. The van der Waals surface area contributed by atoms with Gasteiger partial charge in [0.1, 0.15) is 12.1 Å². The molecule has 0 aromatic carbocycles. The quantitative estimate of drug-likeness (QED) is 0.780. The van der Waals surface area contributed by atoms with Gasteiger partial charge in [-0.25, -0.2) is 0 Å². The summed E-state index contributed by atoms with van der Waals surface area (Å²) < 4.78 is 0. The summed E-state index contributed by atoms with van der Waals surface area (Å²) in [7, 11) is 0. The molecule has 1 saturated heterocycles. The summed E-state index contributed by atoms with van der Waals surface area (Å²) >= 11 is 0. The smallest absolute Gasteiger partial charge is 0.246 e. The molecule has 0 aromatic heterocycles. The van der Waals surface area contributed by atoms with Crippen LogP contribution < -0.4 is 5.32 Å². The van der Waals surface area contributed by atoms with Gasteiger partial charge in [-0.2, -0.15) is 0 Å². The highest BCUT2D eigenvalue weighted by Gasteiger charge is 2.47. The van der Waals surface area contributed by atoms with Crippen LogP contribution in [0.3, 0.4) is 0 Å². The predicted octanol–water partition coefficient (Wildman–Crippen LogP) is 2.86. The van der Waals surface area contributed by atoms with Gasteiger partial charge in [-0.1, -0.05) is 41.0 Å². The van der Waals surface area contributed by atoms with Crippen LogP contribution in [0.25, 0.3) is 0 Å². The Kier molecular flexibility index (Phi) is 6.03. The minimum Gasteiger partial charge on any atom is -0.343 e. The van der Waals surface area contributed by atoms with Gasteiger partial charge in [-0.05, 0) is 32.1 Å². The molecule has 0 saturated carbocycles. The Bertz CT molecular complexity index is 342. The lowest BCUT2D eigenvalue weighted by Crippen LogP contribution is -2.69. The third-order valence-electron chi connectivity index (χ3n) is 4.92. The Labute approximate surface area is 123 Å². The fourth-order valence-corrected chi connectivity index (χ4v) is 3.45. The maximum atomic E-state index is 12.9. The molecule has 0 spiro atoms. The zero-order chi connectivity index (χ0) is 15.3. The predicted molar refractivity (Wildman–Crippen MR) is 81.4 cm³/mol. The number of hydrogen-bond donors (Lipinski definition) is 1. The molecule has 0 aromatic rings. The van der Waals surface area contributed by atoms with E-state index in [0.29, 0.717) is 6.42 Å². The highest BCUT2D eigenvalue weighted by atomic mass is 16.2. The topological polar surface area (TPSA) is 49.4 Å². The second-order valence-corrected chi connectivity index (χ2v) is 5.77. The Morgan fingerprint density at radius 3 is 2.00 bits per heavy atom. The third kappa shape index (κ3) is 2.84. The molecular weight excluding hydrogens is 252 g/mol. The number of carbonyl (C=O) groups excluding carboxylic acids is 2. The van der Waals surface area contributed by atoms with E-state index in [2.05, 4.69) is 26.1 Å². The molecule has 2 amide bonds. The summed E-state index contributed by atoms with van der Waals surface area (Å²) in [6.07, 6.45) is 5.00. The van der Waals surface area contributed by atoms with E-state index in [0.717, 1.165) is 32.1 Å². The van der Waals surface area contributed by atoms with Gasteiger partial charge in [0.15, 0.2) is 0 Å². The number of amides is 2. The number of nitrogens with one attached hydrogen (secondary N) is 1. The van der Waals surface area contributed by atoms with Gasteiger partial charge >= 0.3 is 0 Å². The van der Waals surface area contributed by atoms with E-state index in [4.69, 9.17) is 0 Å².